The predicted molar refractivity (Wildman–Crippen MR) is 116 cm³/mol. The quantitative estimate of drug-likeness (QED) is 0.571. The zero-order valence-electron chi connectivity index (χ0n) is 16.9. The molecule has 0 radical (unpaired) electrons. The Morgan fingerprint density at radius 1 is 1.17 bits per heavy atom. The van der Waals surface area contributed by atoms with Crippen LogP contribution >= 0.6 is 0 Å². The zero-order chi connectivity index (χ0) is 20.8. The van der Waals surface area contributed by atoms with Crippen molar-refractivity contribution < 1.29 is 9.59 Å². The first-order chi connectivity index (χ1) is 13.9. The highest BCUT2D eigenvalue weighted by Crippen LogP contribution is 2.24. The van der Waals surface area contributed by atoms with Crippen LogP contribution in [0.25, 0.3) is 0 Å². The maximum absolute atomic E-state index is 12.3. The van der Waals surface area contributed by atoms with Crippen molar-refractivity contribution in [2.24, 2.45) is 11.7 Å². The van der Waals surface area contributed by atoms with E-state index in [1.54, 1.807) is 6.07 Å². The number of anilines is 4. The van der Waals surface area contributed by atoms with Gasteiger partial charge in [-0.25, -0.2) is 9.78 Å². The van der Waals surface area contributed by atoms with Crippen LogP contribution in [0.3, 0.4) is 0 Å². The van der Waals surface area contributed by atoms with Crippen molar-refractivity contribution in [2.45, 2.75) is 26.7 Å². The molecule has 1 aromatic carbocycles. The molecule has 8 heteroatoms. The van der Waals surface area contributed by atoms with Crippen molar-refractivity contribution in [2.75, 3.05) is 35.6 Å². The summed E-state index contributed by atoms with van der Waals surface area (Å²) < 4.78 is 0. The van der Waals surface area contributed by atoms with Gasteiger partial charge in [0.2, 0.25) is 0 Å². The summed E-state index contributed by atoms with van der Waals surface area (Å²) in [7, 11) is 0. The number of primary amides is 1. The Morgan fingerprint density at radius 3 is 2.59 bits per heavy atom. The number of hydrogen-bond acceptors (Lipinski definition) is 5. The number of carbonyl (C=O) groups is 2. The summed E-state index contributed by atoms with van der Waals surface area (Å²) in [4.78, 5) is 30.1. The second kappa shape index (κ2) is 9.27. The molecule has 0 atom stereocenters. The predicted octanol–water partition coefficient (Wildman–Crippen LogP) is 3.62. The van der Waals surface area contributed by atoms with Crippen LogP contribution in [0.2, 0.25) is 0 Å². The van der Waals surface area contributed by atoms with Crippen molar-refractivity contribution >= 4 is 34.8 Å². The summed E-state index contributed by atoms with van der Waals surface area (Å²) >= 11 is 0. The summed E-state index contributed by atoms with van der Waals surface area (Å²) in [5.74, 6) is 0.461. The smallest absolute Gasteiger partial charge is 0.321 e. The van der Waals surface area contributed by atoms with Gasteiger partial charge in [0.25, 0.3) is 5.91 Å². The Labute approximate surface area is 170 Å². The Bertz CT molecular complexity index is 877. The third-order valence-corrected chi connectivity index (χ3v) is 4.65. The van der Waals surface area contributed by atoms with Crippen LogP contribution in [0.1, 0.15) is 37.0 Å². The lowest BCUT2D eigenvalue weighted by Gasteiger charge is -2.17. The Balaban J connectivity index is 1.72. The second-order valence-corrected chi connectivity index (χ2v) is 7.58. The SMILES string of the molecule is CC(C)CNc1cc(Nc2cccc(NC(=O)N3CCCC3)c2)ncc1C(N)=O. The molecule has 0 aliphatic carbocycles. The molecule has 3 amide bonds. The van der Waals surface area contributed by atoms with Crippen molar-refractivity contribution in [1.29, 1.82) is 0 Å². The number of rotatable bonds is 7. The van der Waals surface area contributed by atoms with Crippen LogP contribution in [0.15, 0.2) is 36.5 Å². The van der Waals surface area contributed by atoms with E-state index in [2.05, 4.69) is 34.8 Å². The molecular weight excluding hydrogens is 368 g/mol. The van der Waals surface area contributed by atoms with Crippen molar-refractivity contribution in [3.05, 3.63) is 42.1 Å². The molecule has 1 fully saturated rings. The number of hydrogen-bond donors (Lipinski definition) is 4. The molecule has 1 aromatic heterocycles. The van der Waals surface area contributed by atoms with Crippen molar-refractivity contribution in [3.63, 3.8) is 0 Å². The first-order valence-electron chi connectivity index (χ1n) is 9.89. The molecule has 0 saturated carbocycles. The average molecular weight is 396 g/mol. The first kappa shape index (κ1) is 20.4. The fourth-order valence-electron chi connectivity index (χ4n) is 3.13. The highest BCUT2D eigenvalue weighted by Gasteiger charge is 2.17. The lowest BCUT2D eigenvalue weighted by atomic mass is 10.2. The third-order valence-electron chi connectivity index (χ3n) is 4.65. The Kier molecular flexibility index (Phi) is 6.54. The molecule has 2 heterocycles. The number of pyridine rings is 1. The van der Waals surface area contributed by atoms with Crippen LogP contribution in [-0.2, 0) is 0 Å². The summed E-state index contributed by atoms with van der Waals surface area (Å²) in [6, 6.07) is 9.12. The highest BCUT2D eigenvalue weighted by atomic mass is 16.2. The number of amides is 3. The summed E-state index contributed by atoms with van der Waals surface area (Å²) in [5, 5.41) is 9.39. The number of aromatic nitrogens is 1. The van der Waals surface area contributed by atoms with Gasteiger partial charge < -0.3 is 26.6 Å². The number of nitrogens with two attached hydrogens (primary N) is 1. The topological polar surface area (TPSA) is 112 Å². The number of carbonyl (C=O) groups excluding carboxylic acids is 2. The van der Waals surface area contributed by atoms with Gasteiger partial charge in [-0.05, 0) is 37.0 Å². The van der Waals surface area contributed by atoms with Gasteiger partial charge >= 0.3 is 6.03 Å². The number of nitrogens with one attached hydrogen (secondary N) is 3. The maximum Gasteiger partial charge on any atom is 0.321 e. The zero-order valence-corrected chi connectivity index (χ0v) is 16.9. The number of likely N-dealkylation sites (tertiary alicyclic amines) is 1. The Morgan fingerprint density at radius 2 is 1.90 bits per heavy atom. The van der Waals surface area contributed by atoms with Crippen LogP contribution in [0.5, 0.6) is 0 Å². The molecule has 0 bridgehead atoms. The number of benzene rings is 1. The molecular formula is C21H28N6O2. The number of nitrogens with zero attached hydrogens (tertiary/aromatic N) is 2. The summed E-state index contributed by atoms with van der Waals surface area (Å²) in [6.45, 7) is 6.47. The van der Waals surface area contributed by atoms with Gasteiger partial charge in [0.05, 0.1) is 11.3 Å². The molecule has 8 nitrogen and oxygen atoms in total. The average Bonchev–Trinajstić information content (AvgIpc) is 3.21. The van der Waals surface area contributed by atoms with Crippen molar-refractivity contribution in [1.82, 2.24) is 9.88 Å². The van der Waals surface area contributed by atoms with E-state index >= 15 is 0 Å². The monoisotopic (exact) mass is 396 g/mol. The molecule has 5 N–H and O–H groups in total. The van der Waals surface area contributed by atoms with Gasteiger partial charge in [0.1, 0.15) is 5.82 Å². The van der Waals surface area contributed by atoms with Crippen LogP contribution in [-0.4, -0.2) is 41.5 Å². The molecule has 1 aliphatic rings. The minimum Gasteiger partial charge on any atom is -0.384 e. The normalized spacial score (nSPS) is 13.4. The van der Waals surface area contributed by atoms with E-state index in [9.17, 15) is 9.59 Å². The van der Waals surface area contributed by atoms with Gasteiger partial charge in [-0.3, -0.25) is 4.79 Å². The van der Waals surface area contributed by atoms with E-state index in [1.807, 2.05) is 29.2 Å². The maximum atomic E-state index is 12.3. The van der Waals surface area contributed by atoms with E-state index in [-0.39, 0.29) is 6.03 Å². The molecule has 0 unspecified atom stereocenters. The van der Waals surface area contributed by atoms with E-state index < -0.39 is 5.91 Å². The molecule has 154 valence electrons. The van der Waals surface area contributed by atoms with E-state index in [4.69, 9.17) is 5.73 Å². The van der Waals surface area contributed by atoms with Gasteiger partial charge in [0, 0.05) is 43.3 Å². The standard InChI is InChI=1S/C21H28N6O2/c1-14(2)12-23-18-11-19(24-13-17(18)20(22)28)25-15-6-5-7-16(10-15)26-21(29)27-8-3-4-9-27/h5-7,10-11,13-14H,3-4,8-9,12H2,1-2H3,(H2,22,28)(H,26,29)(H2,23,24,25). The fourth-order valence-corrected chi connectivity index (χ4v) is 3.13. The van der Waals surface area contributed by atoms with Crippen molar-refractivity contribution in [3.8, 4) is 0 Å². The van der Waals surface area contributed by atoms with E-state index in [1.165, 1.54) is 6.20 Å². The highest BCUT2D eigenvalue weighted by molar-refractivity contribution is 5.98. The van der Waals surface area contributed by atoms with Gasteiger partial charge in [-0.15, -0.1) is 0 Å². The molecule has 0 spiro atoms. The molecule has 2 aromatic rings. The fraction of sp³-hybridized carbons (Fsp3) is 0.381. The lowest BCUT2D eigenvalue weighted by molar-refractivity contribution is 0.100. The summed E-state index contributed by atoms with van der Waals surface area (Å²) in [5.41, 5.74) is 7.93. The minimum atomic E-state index is -0.526. The molecule has 1 saturated heterocycles. The first-order valence-corrected chi connectivity index (χ1v) is 9.89. The van der Waals surface area contributed by atoms with E-state index in [0.29, 0.717) is 35.2 Å². The van der Waals surface area contributed by atoms with Crippen LogP contribution in [0.4, 0.5) is 27.7 Å². The largest absolute Gasteiger partial charge is 0.384 e. The van der Waals surface area contributed by atoms with Gasteiger partial charge in [-0.2, -0.15) is 0 Å². The summed E-state index contributed by atoms with van der Waals surface area (Å²) in [6.07, 6.45) is 3.57. The molecule has 29 heavy (non-hydrogen) atoms. The van der Waals surface area contributed by atoms with Crippen LogP contribution in [0, 0.1) is 5.92 Å². The third kappa shape index (κ3) is 5.60. The van der Waals surface area contributed by atoms with E-state index in [0.717, 1.165) is 31.6 Å². The Hall–Kier alpha value is -3.29. The molecule has 1 aliphatic heterocycles. The van der Waals surface area contributed by atoms with Gasteiger partial charge in [0.15, 0.2) is 0 Å². The molecule has 3 rings (SSSR count). The minimum absolute atomic E-state index is 0.0799. The van der Waals surface area contributed by atoms with Gasteiger partial charge in [-0.1, -0.05) is 19.9 Å². The lowest BCUT2D eigenvalue weighted by Crippen LogP contribution is -2.32. The van der Waals surface area contributed by atoms with Crippen LogP contribution < -0.4 is 21.7 Å². The number of urea groups is 1. The second-order valence-electron chi connectivity index (χ2n) is 7.58.